The van der Waals surface area contributed by atoms with Gasteiger partial charge in [0, 0.05) is 7.11 Å². The summed E-state index contributed by atoms with van der Waals surface area (Å²) in [5.41, 5.74) is 1.33. The van der Waals surface area contributed by atoms with Gasteiger partial charge in [-0.1, -0.05) is 36.4 Å². The summed E-state index contributed by atoms with van der Waals surface area (Å²) in [7, 11) is 1.00. The van der Waals surface area contributed by atoms with Crippen LogP contribution in [0.1, 0.15) is 5.56 Å². The van der Waals surface area contributed by atoms with Crippen molar-refractivity contribution < 1.29 is 5.11 Å². The summed E-state index contributed by atoms with van der Waals surface area (Å²) >= 11 is 0. The molecule has 60 valence electrons. The van der Waals surface area contributed by atoms with Gasteiger partial charge in [-0.05, 0) is 12.0 Å². The highest BCUT2D eigenvalue weighted by atomic mass is 16.2. The summed E-state index contributed by atoms with van der Waals surface area (Å²) < 4.78 is 0. The number of aliphatic hydroxyl groups excluding tert-OH is 1. The van der Waals surface area contributed by atoms with Crippen LogP contribution in [0.15, 0.2) is 43.0 Å². The maximum Gasteiger partial charge on any atom is 0.0319 e. The molecule has 0 aliphatic heterocycles. The van der Waals surface area contributed by atoms with Crippen molar-refractivity contribution in [1.29, 1.82) is 0 Å². The van der Waals surface area contributed by atoms with Gasteiger partial charge in [-0.15, -0.1) is 6.58 Å². The van der Waals surface area contributed by atoms with E-state index >= 15 is 0 Å². The van der Waals surface area contributed by atoms with Crippen LogP contribution in [0.2, 0.25) is 0 Å². The second kappa shape index (κ2) is 7.03. The molecule has 1 aromatic rings. The third kappa shape index (κ3) is 4.34. The van der Waals surface area contributed by atoms with E-state index in [0.717, 1.165) is 13.5 Å². The van der Waals surface area contributed by atoms with Crippen LogP contribution in [-0.4, -0.2) is 12.2 Å². The molecule has 0 fully saturated rings. The van der Waals surface area contributed by atoms with E-state index in [4.69, 9.17) is 5.11 Å². The first kappa shape index (κ1) is 9.92. The molecule has 1 N–H and O–H groups in total. The zero-order chi connectivity index (χ0) is 8.53. The maximum atomic E-state index is 7.00. The highest BCUT2D eigenvalue weighted by molar-refractivity contribution is 5.16. The monoisotopic (exact) mass is 150 g/mol. The quantitative estimate of drug-likeness (QED) is 0.639. The fourth-order valence-corrected chi connectivity index (χ4v) is 0.781. The van der Waals surface area contributed by atoms with Crippen LogP contribution < -0.4 is 0 Å². The zero-order valence-electron chi connectivity index (χ0n) is 6.83. The molecule has 0 unspecified atom stereocenters. The average Bonchev–Trinajstić information content (AvgIpc) is 2.11. The van der Waals surface area contributed by atoms with Crippen LogP contribution in [0.5, 0.6) is 0 Å². The minimum absolute atomic E-state index is 0.973. The van der Waals surface area contributed by atoms with Gasteiger partial charge < -0.3 is 5.11 Å². The summed E-state index contributed by atoms with van der Waals surface area (Å²) in [5.74, 6) is 0. The first-order valence-corrected chi connectivity index (χ1v) is 3.53. The largest absolute Gasteiger partial charge is 0.400 e. The van der Waals surface area contributed by atoms with Crippen LogP contribution >= 0.6 is 0 Å². The van der Waals surface area contributed by atoms with E-state index in [2.05, 4.69) is 18.7 Å². The van der Waals surface area contributed by atoms with E-state index < -0.39 is 0 Å². The van der Waals surface area contributed by atoms with Crippen LogP contribution in [-0.2, 0) is 6.42 Å². The topological polar surface area (TPSA) is 20.2 Å². The molecule has 0 aliphatic carbocycles. The molecule has 11 heavy (non-hydrogen) atoms. The number of rotatable bonds is 2. The number of allylic oxidation sites excluding steroid dienone is 1. The Morgan fingerprint density at radius 2 is 1.82 bits per heavy atom. The summed E-state index contributed by atoms with van der Waals surface area (Å²) in [5, 5.41) is 7.00. The lowest BCUT2D eigenvalue weighted by Gasteiger charge is -1.91. The highest BCUT2D eigenvalue weighted by Gasteiger charge is 1.82. The first-order chi connectivity index (χ1) is 5.43. The zero-order valence-corrected chi connectivity index (χ0v) is 6.83. The minimum atomic E-state index is 0.973. The molecule has 1 heteroatoms. The van der Waals surface area contributed by atoms with Crippen LogP contribution in [0.3, 0.4) is 0 Å². The maximum absolute atomic E-state index is 7.00. The predicted molar refractivity (Wildman–Crippen MR) is 48.5 cm³/mol. The van der Waals surface area contributed by atoms with Gasteiger partial charge in [-0.3, -0.25) is 0 Å². The summed E-state index contributed by atoms with van der Waals surface area (Å²) in [6.45, 7) is 3.66. The lowest BCUT2D eigenvalue weighted by molar-refractivity contribution is 0.399. The Balaban J connectivity index is 0.000000461. The summed E-state index contributed by atoms with van der Waals surface area (Å²) in [6, 6.07) is 10.3. The third-order valence-electron chi connectivity index (χ3n) is 1.22. The third-order valence-corrected chi connectivity index (χ3v) is 1.22. The minimum Gasteiger partial charge on any atom is -0.400 e. The van der Waals surface area contributed by atoms with Gasteiger partial charge in [0.2, 0.25) is 0 Å². The van der Waals surface area contributed by atoms with E-state index in [1.165, 1.54) is 5.56 Å². The Labute approximate surface area is 68.0 Å². The summed E-state index contributed by atoms with van der Waals surface area (Å²) in [4.78, 5) is 0. The molecule has 1 aromatic carbocycles. The van der Waals surface area contributed by atoms with Crippen molar-refractivity contribution in [3.05, 3.63) is 48.6 Å². The molecule has 0 saturated heterocycles. The lowest BCUT2D eigenvalue weighted by atomic mass is 10.2. The fourth-order valence-electron chi connectivity index (χ4n) is 0.781. The van der Waals surface area contributed by atoms with Crippen molar-refractivity contribution in [3.63, 3.8) is 0 Å². The number of benzene rings is 1. The molecular weight excluding hydrogens is 136 g/mol. The normalized spacial score (nSPS) is 7.82. The van der Waals surface area contributed by atoms with Gasteiger partial charge >= 0.3 is 0 Å². The molecule has 1 nitrogen and oxygen atoms in total. The average molecular weight is 150 g/mol. The van der Waals surface area contributed by atoms with E-state index in [1.54, 1.807) is 0 Å². The molecule has 0 aromatic heterocycles. The Bertz CT molecular complexity index is 179. The van der Waals surface area contributed by atoms with Crippen LogP contribution in [0.4, 0.5) is 0 Å². The lowest BCUT2D eigenvalue weighted by Crippen LogP contribution is -1.75. The van der Waals surface area contributed by atoms with Gasteiger partial charge in [0.15, 0.2) is 0 Å². The molecule has 0 bridgehead atoms. The highest BCUT2D eigenvalue weighted by Crippen LogP contribution is 1.98. The van der Waals surface area contributed by atoms with Crippen molar-refractivity contribution in [2.75, 3.05) is 7.11 Å². The van der Waals surface area contributed by atoms with Gasteiger partial charge in [0.05, 0.1) is 0 Å². The summed E-state index contributed by atoms with van der Waals surface area (Å²) in [6.07, 6.45) is 2.89. The van der Waals surface area contributed by atoms with Crippen molar-refractivity contribution in [1.82, 2.24) is 0 Å². The van der Waals surface area contributed by atoms with Gasteiger partial charge in [0.1, 0.15) is 0 Å². The molecule has 0 saturated carbocycles. The molecule has 0 radical (unpaired) electrons. The standard InChI is InChI=1S/C9H10.CH4O/c1-2-6-9-7-4-3-5-8-9;1-2/h2-5,7-8H,1,6H2;2H,1H3. The predicted octanol–water partition coefficient (Wildman–Crippen LogP) is 2.02. The molecule has 0 heterocycles. The van der Waals surface area contributed by atoms with E-state index in [9.17, 15) is 0 Å². The van der Waals surface area contributed by atoms with E-state index in [0.29, 0.717) is 0 Å². The Kier molecular flexibility index (Phi) is 6.34. The number of hydrogen-bond donors (Lipinski definition) is 1. The Morgan fingerprint density at radius 3 is 2.27 bits per heavy atom. The number of aliphatic hydroxyl groups is 1. The van der Waals surface area contributed by atoms with Gasteiger partial charge in [-0.25, -0.2) is 0 Å². The molecule has 0 aliphatic rings. The van der Waals surface area contributed by atoms with Crippen LogP contribution in [0.25, 0.3) is 0 Å². The molecule has 0 spiro atoms. The second-order valence-corrected chi connectivity index (χ2v) is 1.98. The Hall–Kier alpha value is -1.08. The molecule has 0 amide bonds. The smallest absolute Gasteiger partial charge is 0.0319 e. The fraction of sp³-hybridized carbons (Fsp3) is 0.200. The Morgan fingerprint density at radius 1 is 1.27 bits per heavy atom. The van der Waals surface area contributed by atoms with E-state index in [1.807, 2.05) is 24.3 Å². The second-order valence-electron chi connectivity index (χ2n) is 1.98. The molecule has 1 rings (SSSR count). The van der Waals surface area contributed by atoms with Crippen molar-refractivity contribution in [2.45, 2.75) is 6.42 Å². The van der Waals surface area contributed by atoms with Crippen LogP contribution in [0, 0.1) is 0 Å². The van der Waals surface area contributed by atoms with Crippen molar-refractivity contribution in [3.8, 4) is 0 Å². The van der Waals surface area contributed by atoms with Crippen molar-refractivity contribution >= 4 is 0 Å². The first-order valence-electron chi connectivity index (χ1n) is 3.53. The van der Waals surface area contributed by atoms with Gasteiger partial charge in [-0.2, -0.15) is 0 Å². The van der Waals surface area contributed by atoms with Crippen molar-refractivity contribution in [2.24, 2.45) is 0 Å². The SMILES string of the molecule is C=CCc1ccccc1.CO. The van der Waals surface area contributed by atoms with E-state index in [-0.39, 0.29) is 0 Å². The molecular formula is C10H14O. The molecule has 0 atom stereocenters. The van der Waals surface area contributed by atoms with Gasteiger partial charge in [0.25, 0.3) is 0 Å². The number of hydrogen-bond acceptors (Lipinski definition) is 1.